The van der Waals surface area contributed by atoms with Gasteiger partial charge in [-0.3, -0.25) is 9.69 Å². The van der Waals surface area contributed by atoms with Crippen LogP contribution in [0, 0.1) is 0 Å². The van der Waals surface area contributed by atoms with Crippen LogP contribution in [-0.2, 0) is 11.3 Å². The van der Waals surface area contributed by atoms with E-state index in [2.05, 4.69) is 27.3 Å². The summed E-state index contributed by atoms with van der Waals surface area (Å²) in [6, 6.07) is 8.11. The summed E-state index contributed by atoms with van der Waals surface area (Å²) in [5, 5.41) is 2.93. The summed E-state index contributed by atoms with van der Waals surface area (Å²) < 4.78 is 1.08. The summed E-state index contributed by atoms with van der Waals surface area (Å²) in [7, 11) is 1.96. The molecular formula is C14H21BrN2O. The van der Waals surface area contributed by atoms with E-state index >= 15 is 0 Å². The van der Waals surface area contributed by atoms with Gasteiger partial charge in [-0.25, -0.2) is 0 Å². The summed E-state index contributed by atoms with van der Waals surface area (Å²) >= 11 is 3.52. The fourth-order valence-electron chi connectivity index (χ4n) is 1.64. The molecule has 0 saturated carbocycles. The van der Waals surface area contributed by atoms with Crippen molar-refractivity contribution in [3.63, 3.8) is 0 Å². The Morgan fingerprint density at radius 2 is 1.94 bits per heavy atom. The maximum atomic E-state index is 11.9. The van der Waals surface area contributed by atoms with Crippen LogP contribution in [0.25, 0.3) is 0 Å². The molecule has 0 aliphatic heterocycles. The molecule has 1 aromatic carbocycles. The van der Waals surface area contributed by atoms with Crippen LogP contribution in [0.2, 0.25) is 0 Å². The molecule has 0 aliphatic rings. The molecule has 0 fully saturated rings. The number of benzene rings is 1. The van der Waals surface area contributed by atoms with Gasteiger partial charge in [0.1, 0.15) is 0 Å². The Bertz CT molecular complexity index is 407. The molecule has 0 radical (unpaired) electrons. The van der Waals surface area contributed by atoms with Crippen molar-refractivity contribution in [2.75, 3.05) is 7.05 Å². The molecule has 0 aromatic heterocycles. The number of likely N-dealkylation sites (N-methyl/N-ethyl adjacent to an activating group) is 1. The van der Waals surface area contributed by atoms with Gasteiger partial charge in [-0.1, -0.05) is 34.1 Å². The SMILES string of the molecule is CC(C)NC(=O)C(C)N(C)Cc1ccccc1Br. The highest BCUT2D eigenvalue weighted by Crippen LogP contribution is 2.18. The average Bonchev–Trinajstić information content (AvgIpc) is 2.30. The van der Waals surface area contributed by atoms with E-state index in [0.29, 0.717) is 0 Å². The van der Waals surface area contributed by atoms with E-state index in [0.717, 1.165) is 11.0 Å². The van der Waals surface area contributed by atoms with Gasteiger partial charge in [0.25, 0.3) is 0 Å². The second kappa shape index (κ2) is 6.90. The van der Waals surface area contributed by atoms with Crippen molar-refractivity contribution in [3.05, 3.63) is 34.3 Å². The van der Waals surface area contributed by atoms with Crippen molar-refractivity contribution < 1.29 is 4.79 Å². The standard InChI is InChI=1S/C14H21BrN2O/c1-10(2)16-14(18)11(3)17(4)9-12-7-5-6-8-13(12)15/h5-8,10-11H,9H2,1-4H3,(H,16,18). The molecule has 3 nitrogen and oxygen atoms in total. The molecule has 0 spiro atoms. The predicted octanol–water partition coefficient (Wildman–Crippen LogP) is 2.79. The predicted molar refractivity (Wildman–Crippen MR) is 78.3 cm³/mol. The Morgan fingerprint density at radius 1 is 1.33 bits per heavy atom. The molecule has 100 valence electrons. The number of nitrogens with zero attached hydrogens (tertiary/aromatic N) is 1. The molecule has 1 rings (SSSR count). The molecule has 1 amide bonds. The van der Waals surface area contributed by atoms with Gasteiger partial charge in [0.2, 0.25) is 5.91 Å². The second-order valence-electron chi connectivity index (χ2n) is 4.85. The quantitative estimate of drug-likeness (QED) is 0.906. The number of hydrogen-bond acceptors (Lipinski definition) is 2. The minimum absolute atomic E-state index is 0.0690. The maximum Gasteiger partial charge on any atom is 0.237 e. The third-order valence-electron chi connectivity index (χ3n) is 2.85. The number of rotatable bonds is 5. The van der Waals surface area contributed by atoms with Crippen molar-refractivity contribution in [3.8, 4) is 0 Å². The monoisotopic (exact) mass is 312 g/mol. The number of carbonyl (C=O) groups is 1. The Morgan fingerprint density at radius 3 is 2.50 bits per heavy atom. The van der Waals surface area contributed by atoms with E-state index in [4.69, 9.17) is 0 Å². The molecule has 1 N–H and O–H groups in total. The molecule has 1 unspecified atom stereocenters. The highest BCUT2D eigenvalue weighted by atomic mass is 79.9. The van der Waals surface area contributed by atoms with Gasteiger partial charge in [-0.05, 0) is 39.4 Å². The van der Waals surface area contributed by atoms with Gasteiger partial charge in [-0.2, -0.15) is 0 Å². The topological polar surface area (TPSA) is 32.3 Å². The first-order valence-corrected chi connectivity index (χ1v) is 6.95. The molecule has 18 heavy (non-hydrogen) atoms. The van der Waals surface area contributed by atoms with Crippen LogP contribution < -0.4 is 5.32 Å². The largest absolute Gasteiger partial charge is 0.353 e. The van der Waals surface area contributed by atoms with Gasteiger partial charge in [0, 0.05) is 17.1 Å². The van der Waals surface area contributed by atoms with Crippen molar-refractivity contribution in [1.29, 1.82) is 0 Å². The molecule has 0 aliphatic carbocycles. The van der Waals surface area contributed by atoms with Gasteiger partial charge < -0.3 is 5.32 Å². The molecule has 1 atom stereocenters. The van der Waals surface area contributed by atoms with Crippen molar-refractivity contribution >= 4 is 21.8 Å². The van der Waals surface area contributed by atoms with Gasteiger partial charge in [0.05, 0.1) is 6.04 Å². The maximum absolute atomic E-state index is 11.9. The number of nitrogens with one attached hydrogen (secondary N) is 1. The highest BCUT2D eigenvalue weighted by Gasteiger charge is 2.18. The minimum atomic E-state index is -0.139. The van der Waals surface area contributed by atoms with Crippen molar-refractivity contribution in [2.45, 2.75) is 39.4 Å². The third kappa shape index (κ3) is 4.42. The van der Waals surface area contributed by atoms with Gasteiger partial charge in [-0.15, -0.1) is 0 Å². The van der Waals surface area contributed by atoms with Crippen molar-refractivity contribution in [2.24, 2.45) is 0 Å². The van der Waals surface area contributed by atoms with Crippen LogP contribution in [0.3, 0.4) is 0 Å². The molecule has 0 heterocycles. The van der Waals surface area contributed by atoms with Crippen LogP contribution >= 0.6 is 15.9 Å². The Labute approximate surface area is 118 Å². The van der Waals surface area contributed by atoms with Crippen LogP contribution in [0.4, 0.5) is 0 Å². The lowest BCUT2D eigenvalue weighted by Crippen LogP contribution is -2.45. The zero-order chi connectivity index (χ0) is 13.7. The fraction of sp³-hybridized carbons (Fsp3) is 0.500. The zero-order valence-corrected chi connectivity index (χ0v) is 13.0. The van der Waals surface area contributed by atoms with Crippen LogP contribution in [0.15, 0.2) is 28.7 Å². The lowest BCUT2D eigenvalue weighted by atomic mass is 10.2. The number of carbonyl (C=O) groups excluding carboxylic acids is 1. The Hall–Kier alpha value is -0.870. The summed E-state index contributed by atoms with van der Waals surface area (Å²) in [5.74, 6) is 0.0690. The van der Waals surface area contributed by atoms with Gasteiger partial charge >= 0.3 is 0 Å². The Kier molecular flexibility index (Phi) is 5.82. The number of halogens is 1. The van der Waals surface area contributed by atoms with E-state index in [1.807, 2.05) is 50.9 Å². The Balaban J connectivity index is 2.62. The van der Waals surface area contributed by atoms with E-state index in [9.17, 15) is 4.79 Å². The first-order valence-electron chi connectivity index (χ1n) is 6.16. The summed E-state index contributed by atoms with van der Waals surface area (Å²) in [6.45, 7) is 6.61. The van der Waals surface area contributed by atoms with E-state index < -0.39 is 0 Å². The van der Waals surface area contributed by atoms with E-state index in [1.54, 1.807) is 0 Å². The first kappa shape index (κ1) is 15.2. The average molecular weight is 313 g/mol. The van der Waals surface area contributed by atoms with Crippen LogP contribution in [-0.4, -0.2) is 29.9 Å². The summed E-state index contributed by atoms with van der Waals surface area (Å²) in [6.07, 6.45) is 0. The molecule has 4 heteroatoms. The molecular weight excluding hydrogens is 292 g/mol. The third-order valence-corrected chi connectivity index (χ3v) is 3.62. The zero-order valence-electron chi connectivity index (χ0n) is 11.4. The van der Waals surface area contributed by atoms with Crippen molar-refractivity contribution in [1.82, 2.24) is 10.2 Å². The lowest BCUT2D eigenvalue weighted by molar-refractivity contribution is -0.126. The smallest absolute Gasteiger partial charge is 0.237 e. The highest BCUT2D eigenvalue weighted by molar-refractivity contribution is 9.10. The van der Waals surface area contributed by atoms with E-state index in [-0.39, 0.29) is 18.0 Å². The first-order chi connectivity index (χ1) is 8.41. The number of amides is 1. The van der Waals surface area contributed by atoms with E-state index in [1.165, 1.54) is 5.56 Å². The fourth-order valence-corrected chi connectivity index (χ4v) is 2.05. The van der Waals surface area contributed by atoms with Gasteiger partial charge in [0.15, 0.2) is 0 Å². The molecule has 0 saturated heterocycles. The summed E-state index contributed by atoms with van der Waals surface area (Å²) in [4.78, 5) is 13.9. The summed E-state index contributed by atoms with van der Waals surface area (Å²) in [5.41, 5.74) is 1.18. The van der Waals surface area contributed by atoms with Crippen LogP contribution in [0.5, 0.6) is 0 Å². The number of hydrogen-bond donors (Lipinski definition) is 1. The second-order valence-corrected chi connectivity index (χ2v) is 5.70. The lowest BCUT2D eigenvalue weighted by Gasteiger charge is -2.25. The molecule has 0 bridgehead atoms. The molecule has 1 aromatic rings. The minimum Gasteiger partial charge on any atom is -0.353 e. The van der Waals surface area contributed by atoms with Crippen LogP contribution in [0.1, 0.15) is 26.3 Å². The normalized spacial score (nSPS) is 12.8.